The van der Waals surface area contributed by atoms with Crippen LogP contribution in [0, 0.1) is 0 Å². The van der Waals surface area contributed by atoms with Crippen molar-refractivity contribution in [2.45, 2.75) is 13.0 Å². The van der Waals surface area contributed by atoms with Crippen LogP contribution in [0.15, 0.2) is 0 Å². The summed E-state index contributed by atoms with van der Waals surface area (Å²) in [5.41, 5.74) is 0. The van der Waals surface area contributed by atoms with Crippen LogP contribution in [0.2, 0.25) is 0 Å². The van der Waals surface area contributed by atoms with Crippen molar-refractivity contribution in [1.82, 2.24) is 0 Å². The fraction of sp³-hybridized carbons (Fsp3) is 1.00. The zero-order valence-corrected chi connectivity index (χ0v) is 6.88. The monoisotopic (exact) mass is 148 g/mol. The summed E-state index contributed by atoms with van der Waals surface area (Å²) in [5.74, 6) is 0. The molecule has 5 heavy (non-hydrogen) atoms. The van der Waals surface area contributed by atoms with Gasteiger partial charge in [-0.05, 0) is 6.92 Å². The van der Waals surface area contributed by atoms with Gasteiger partial charge in [0.15, 0.2) is 0 Å². The number of rotatable bonds is 0. The van der Waals surface area contributed by atoms with Crippen LogP contribution in [0.3, 0.4) is 0 Å². The predicted octanol–water partition coefficient (Wildman–Crippen LogP) is 0.249. The van der Waals surface area contributed by atoms with Crippen LogP contribution < -0.4 is 0 Å². The second-order valence-electron chi connectivity index (χ2n) is 1.14. The van der Waals surface area contributed by atoms with E-state index in [1.807, 2.05) is 0 Å². The largest absolute Gasteiger partial charge is 2.00 e. The number of epoxide rings is 1. The van der Waals surface area contributed by atoms with Gasteiger partial charge in [-0.15, -0.1) is 0 Å². The number of hydrogen-bond acceptors (Lipinski definition) is 1. The molecule has 1 aliphatic rings. The van der Waals surface area contributed by atoms with Crippen molar-refractivity contribution in [3.63, 3.8) is 0 Å². The molecule has 1 aliphatic heterocycles. The molecular formula is C3H8OSr. The third kappa shape index (κ3) is 3.27. The Morgan fingerprint density at radius 2 is 2.20 bits per heavy atom. The van der Waals surface area contributed by atoms with Gasteiger partial charge in [-0.2, -0.15) is 0 Å². The molecule has 0 aromatic heterocycles. The maximum Gasteiger partial charge on any atom is 2.00 e. The number of ether oxygens (including phenoxy) is 1. The van der Waals surface area contributed by atoms with Crippen LogP contribution in [-0.4, -0.2) is 58.2 Å². The smallest absolute Gasteiger partial charge is 1.00 e. The molecule has 1 atom stereocenters. The van der Waals surface area contributed by atoms with Gasteiger partial charge in [-0.3, -0.25) is 0 Å². The Hall–Kier alpha value is 1.44. The predicted molar refractivity (Wildman–Crippen MR) is 23.4 cm³/mol. The van der Waals surface area contributed by atoms with Gasteiger partial charge in [0.2, 0.25) is 0 Å². The van der Waals surface area contributed by atoms with Crippen molar-refractivity contribution in [3.8, 4) is 0 Å². The Morgan fingerprint density at radius 3 is 2.20 bits per heavy atom. The van der Waals surface area contributed by atoms with Crippen LogP contribution in [0.5, 0.6) is 0 Å². The Morgan fingerprint density at radius 1 is 2.00 bits per heavy atom. The van der Waals surface area contributed by atoms with E-state index in [4.69, 9.17) is 4.74 Å². The van der Waals surface area contributed by atoms with Crippen LogP contribution in [0.25, 0.3) is 0 Å². The minimum Gasteiger partial charge on any atom is -1.00 e. The fourth-order valence-corrected chi connectivity index (χ4v) is 0.0962. The molecule has 1 fully saturated rings. The van der Waals surface area contributed by atoms with Gasteiger partial charge in [0.1, 0.15) is 0 Å². The molecule has 1 saturated heterocycles. The SMILES string of the molecule is CC1CO1.[H-].[H-].[Sr+2]. The summed E-state index contributed by atoms with van der Waals surface area (Å²) >= 11 is 0. The topological polar surface area (TPSA) is 12.5 Å². The molecule has 0 N–H and O–H groups in total. The summed E-state index contributed by atoms with van der Waals surface area (Å²) in [6.07, 6.45) is 0.583. The first kappa shape index (κ1) is 6.44. The summed E-state index contributed by atoms with van der Waals surface area (Å²) in [6, 6.07) is 0. The van der Waals surface area contributed by atoms with Crippen molar-refractivity contribution in [2.24, 2.45) is 0 Å². The van der Waals surface area contributed by atoms with Gasteiger partial charge in [0.05, 0.1) is 12.7 Å². The van der Waals surface area contributed by atoms with Gasteiger partial charge >= 0.3 is 45.5 Å². The van der Waals surface area contributed by atoms with Gasteiger partial charge in [-0.1, -0.05) is 0 Å². The molecule has 0 radical (unpaired) electrons. The van der Waals surface area contributed by atoms with Gasteiger partial charge in [0, 0.05) is 0 Å². The molecule has 1 heterocycles. The third-order valence-corrected chi connectivity index (χ3v) is 0.500. The van der Waals surface area contributed by atoms with Crippen molar-refractivity contribution in [3.05, 3.63) is 0 Å². The van der Waals surface area contributed by atoms with Crippen molar-refractivity contribution in [2.75, 3.05) is 6.61 Å². The molecule has 0 bridgehead atoms. The van der Waals surface area contributed by atoms with Crippen molar-refractivity contribution >= 4 is 45.5 Å². The van der Waals surface area contributed by atoms with E-state index in [9.17, 15) is 0 Å². The zero-order chi connectivity index (χ0) is 2.99. The second kappa shape index (κ2) is 2.59. The summed E-state index contributed by atoms with van der Waals surface area (Å²) in [6.45, 7) is 3.04. The van der Waals surface area contributed by atoms with E-state index in [2.05, 4.69) is 6.92 Å². The molecular weight excluding hydrogens is 140 g/mol. The second-order valence-corrected chi connectivity index (χ2v) is 1.14. The standard InChI is InChI=1S/C3H6O.Sr.2H/c1-3-2-4-3;;;/h3H,2H2,1H3;;;/q;+2;2*-1. The van der Waals surface area contributed by atoms with E-state index in [1.54, 1.807) is 0 Å². The Kier molecular flexibility index (Phi) is 3.33. The van der Waals surface area contributed by atoms with E-state index >= 15 is 0 Å². The molecule has 1 rings (SSSR count). The van der Waals surface area contributed by atoms with Gasteiger partial charge in [0.25, 0.3) is 0 Å². The van der Waals surface area contributed by atoms with Crippen LogP contribution in [0.4, 0.5) is 0 Å². The van der Waals surface area contributed by atoms with Crippen LogP contribution in [0.1, 0.15) is 9.78 Å². The van der Waals surface area contributed by atoms with E-state index < -0.39 is 0 Å². The molecule has 1 unspecified atom stereocenters. The van der Waals surface area contributed by atoms with Crippen LogP contribution in [-0.2, 0) is 4.74 Å². The maximum atomic E-state index is 4.71. The Balaban J connectivity index is -0.0000000533. The minimum absolute atomic E-state index is 0. The summed E-state index contributed by atoms with van der Waals surface area (Å²) in [4.78, 5) is 0. The fourth-order valence-electron chi connectivity index (χ4n) is 0.0962. The molecule has 0 aromatic rings. The number of hydrogen-bond donors (Lipinski definition) is 0. The summed E-state index contributed by atoms with van der Waals surface area (Å²) in [5, 5.41) is 0. The molecule has 2 heteroatoms. The van der Waals surface area contributed by atoms with E-state index in [-0.39, 0.29) is 48.3 Å². The van der Waals surface area contributed by atoms with Gasteiger partial charge in [-0.25, -0.2) is 0 Å². The van der Waals surface area contributed by atoms with E-state index in [0.717, 1.165) is 6.61 Å². The minimum atomic E-state index is 0. The zero-order valence-electron chi connectivity index (χ0n) is 5.40. The molecule has 0 spiro atoms. The Bertz CT molecular complexity index is 32.1. The molecule has 0 aromatic carbocycles. The van der Waals surface area contributed by atoms with Crippen LogP contribution >= 0.6 is 0 Å². The van der Waals surface area contributed by atoms with E-state index in [1.165, 1.54) is 0 Å². The van der Waals surface area contributed by atoms with Crippen molar-refractivity contribution < 1.29 is 7.59 Å². The normalized spacial score (nSPS) is 31.8. The first-order valence-corrected chi connectivity index (χ1v) is 1.51. The molecule has 1 nitrogen and oxygen atoms in total. The van der Waals surface area contributed by atoms with E-state index in [0.29, 0.717) is 6.10 Å². The average molecular weight is 148 g/mol. The Labute approximate surface area is 71.9 Å². The van der Waals surface area contributed by atoms with Gasteiger partial charge < -0.3 is 7.59 Å². The third-order valence-electron chi connectivity index (χ3n) is 0.500. The molecule has 0 aliphatic carbocycles. The van der Waals surface area contributed by atoms with Crippen molar-refractivity contribution in [1.29, 1.82) is 0 Å². The first-order valence-electron chi connectivity index (χ1n) is 1.51. The molecule has 0 amide bonds. The quantitative estimate of drug-likeness (QED) is 0.354. The molecule has 28 valence electrons. The first-order chi connectivity index (χ1) is 1.89. The summed E-state index contributed by atoms with van der Waals surface area (Å²) < 4.78 is 4.71. The maximum absolute atomic E-state index is 4.71. The average Bonchev–Trinajstić information content (AvgIpc) is 1.75. The molecule has 0 saturated carbocycles. The summed E-state index contributed by atoms with van der Waals surface area (Å²) in [7, 11) is 0.